The minimum Gasteiger partial charge on any atom is -0.474 e. The van der Waals surface area contributed by atoms with Crippen LogP contribution in [-0.2, 0) is 16.0 Å². The molecule has 2 aliphatic rings. The van der Waals surface area contributed by atoms with Crippen LogP contribution >= 0.6 is 23.2 Å². The molecule has 4 heterocycles. The van der Waals surface area contributed by atoms with E-state index in [1.165, 1.54) is 0 Å². The van der Waals surface area contributed by atoms with E-state index >= 15 is 0 Å². The third-order valence-corrected chi connectivity index (χ3v) is 8.36. The number of benzene rings is 1. The number of piperidine rings is 1. The highest BCUT2D eigenvalue weighted by atomic mass is 35.5. The summed E-state index contributed by atoms with van der Waals surface area (Å²) in [6.07, 6.45) is 5.99. The van der Waals surface area contributed by atoms with Crippen molar-refractivity contribution in [2.24, 2.45) is 11.8 Å². The van der Waals surface area contributed by atoms with E-state index < -0.39 is 0 Å². The number of anilines is 1. The Morgan fingerprint density at radius 1 is 1.00 bits per heavy atom. The number of pyridine rings is 2. The molecule has 2 fully saturated rings. The van der Waals surface area contributed by atoms with Crippen molar-refractivity contribution in [3.63, 3.8) is 0 Å². The molecule has 0 spiro atoms. The molecule has 0 unspecified atom stereocenters. The van der Waals surface area contributed by atoms with Crippen molar-refractivity contribution in [1.82, 2.24) is 14.9 Å². The maximum Gasteiger partial charge on any atom is 0.225 e. The Balaban J connectivity index is 1.25. The molecule has 204 valence electrons. The van der Waals surface area contributed by atoms with E-state index in [0.717, 1.165) is 49.2 Å². The summed E-state index contributed by atoms with van der Waals surface area (Å²) in [4.78, 5) is 37.5. The van der Waals surface area contributed by atoms with Crippen LogP contribution in [0.1, 0.15) is 36.8 Å². The third kappa shape index (κ3) is 6.53. The molecular formula is C30H32Cl2N4O3. The highest BCUT2D eigenvalue weighted by Crippen LogP contribution is 2.38. The van der Waals surface area contributed by atoms with Gasteiger partial charge in [-0.1, -0.05) is 41.4 Å². The highest BCUT2D eigenvalue weighted by molar-refractivity contribution is 6.30. The summed E-state index contributed by atoms with van der Waals surface area (Å²) in [5.74, 6) is 1.83. The number of halogens is 2. The molecule has 3 aromatic rings. The monoisotopic (exact) mass is 566 g/mol. The number of hydrogen-bond donors (Lipinski definition) is 0. The molecule has 0 aliphatic carbocycles. The molecular weight excluding hydrogens is 535 g/mol. The van der Waals surface area contributed by atoms with Crippen LogP contribution in [0.2, 0.25) is 10.0 Å². The quantitative estimate of drug-likeness (QED) is 0.337. The summed E-state index contributed by atoms with van der Waals surface area (Å²) in [6, 6.07) is 15.3. The normalized spacial score (nSPS) is 20.6. The van der Waals surface area contributed by atoms with Crippen LogP contribution in [-0.4, -0.2) is 59.3 Å². The molecule has 1 aromatic carbocycles. The number of hydrogen-bond acceptors (Lipinski definition) is 6. The lowest BCUT2D eigenvalue weighted by Gasteiger charge is -2.34. The Labute approximate surface area is 239 Å². The first-order valence-corrected chi connectivity index (χ1v) is 14.1. The zero-order valence-electron chi connectivity index (χ0n) is 21.9. The number of aromatic nitrogens is 2. The van der Waals surface area contributed by atoms with Gasteiger partial charge in [0, 0.05) is 73.8 Å². The number of rotatable bonds is 8. The molecule has 0 N–H and O–H groups in total. The number of carbonyl (C=O) groups is 2. The number of nitrogens with zero attached hydrogens (tertiary/aromatic N) is 4. The first-order valence-electron chi connectivity index (χ1n) is 13.4. The second-order valence-electron chi connectivity index (χ2n) is 10.4. The molecule has 1 amide bonds. The van der Waals surface area contributed by atoms with Crippen LogP contribution in [0.4, 0.5) is 5.82 Å². The van der Waals surface area contributed by atoms with Crippen molar-refractivity contribution < 1.29 is 14.3 Å². The number of likely N-dealkylation sites (tertiary alicyclic amines) is 1. The second kappa shape index (κ2) is 12.3. The van der Waals surface area contributed by atoms with Crippen molar-refractivity contribution in [2.45, 2.75) is 38.2 Å². The van der Waals surface area contributed by atoms with Crippen LogP contribution in [0.15, 0.2) is 60.9 Å². The molecule has 39 heavy (non-hydrogen) atoms. The lowest BCUT2D eigenvalue weighted by Crippen LogP contribution is -2.42. The van der Waals surface area contributed by atoms with Gasteiger partial charge in [0.2, 0.25) is 11.8 Å². The fourth-order valence-electron chi connectivity index (χ4n) is 5.69. The SMILES string of the molecule is C[C@H](Oc1ccc(Cl)cn1)[C@H]1CN(C(=O)C2CCN(c3ccc(CC=O)cn3)CC2)C[C@@H]1c1ccc(Cl)cc1. The standard InChI is InChI=1S/C30H32Cl2N4O3/c1-20(39-29-9-7-25(32)17-34-29)26-18-36(19-27(26)22-3-5-24(31)6-4-22)30(38)23-10-13-35(14-11-23)28-8-2-21(12-15-37)16-33-28/h2-9,15-17,20,23,26-27H,10-14,18-19H2,1H3/t20-,26+,27+/m0/s1. The van der Waals surface area contributed by atoms with E-state index in [1.54, 1.807) is 24.5 Å². The Kier molecular flexibility index (Phi) is 8.68. The third-order valence-electron chi connectivity index (χ3n) is 7.88. The van der Waals surface area contributed by atoms with Gasteiger partial charge in [-0.15, -0.1) is 0 Å². The number of carbonyl (C=O) groups excluding carboxylic acids is 2. The second-order valence-corrected chi connectivity index (χ2v) is 11.2. The number of aldehydes is 1. The summed E-state index contributed by atoms with van der Waals surface area (Å²) in [5, 5.41) is 1.25. The van der Waals surface area contributed by atoms with Gasteiger partial charge in [0.05, 0.1) is 5.02 Å². The molecule has 2 aromatic heterocycles. The Bertz CT molecular complexity index is 1260. The maximum atomic E-state index is 13.7. The van der Waals surface area contributed by atoms with E-state index in [9.17, 15) is 9.59 Å². The van der Waals surface area contributed by atoms with Crippen molar-refractivity contribution in [3.8, 4) is 5.88 Å². The lowest BCUT2D eigenvalue weighted by atomic mass is 9.86. The van der Waals surface area contributed by atoms with Gasteiger partial charge >= 0.3 is 0 Å². The van der Waals surface area contributed by atoms with Crippen LogP contribution in [0.3, 0.4) is 0 Å². The summed E-state index contributed by atoms with van der Waals surface area (Å²) < 4.78 is 6.22. The zero-order chi connectivity index (χ0) is 27.4. The van der Waals surface area contributed by atoms with Crippen LogP contribution in [0.25, 0.3) is 0 Å². The zero-order valence-corrected chi connectivity index (χ0v) is 23.4. The van der Waals surface area contributed by atoms with E-state index in [2.05, 4.69) is 14.9 Å². The Morgan fingerprint density at radius 3 is 2.38 bits per heavy atom. The first kappa shape index (κ1) is 27.4. The van der Waals surface area contributed by atoms with Gasteiger partial charge in [0.1, 0.15) is 18.2 Å². The summed E-state index contributed by atoms with van der Waals surface area (Å²) in [5.41, 5.74) is 2.06. The van der Waals surface area contributed by atoms with Crippen LogP contribution in [0, 0.1) is 11.8 Å². The Morgan fingerprint density at radius 2 is 1.74 bits per heavy atom. The minimum absolute atomic E-state index is 0.0191. The Hall–Kier alpha value is -3.16. The van der Waals surface area contributed by atoms with Crippen LogP contribution in [0.5, 0.6) is 5.88 Å². The average molecular weight is 568 g/mol. The fraction of sp³-hybridized carbons (Fsp3) is 0.400. The smallest absolute Gasteiger partial charge is 0.225 e. The molecule has 7 nitrogen and oxygen atoms in total. The van der Waals surface area contributed by atoms with Gasteiger partial charge < -0.3 is 19.3 Å². The average Bonchev–Trinajstić information content (AvgIpc) is 3.41. The lowest BCUT2D eigenvalue weighted by molar-refractivity contribution is -0.135. The highest BCUT2D eigenvalue weighted by Gasteiger charge is 2.42. The molecule has 2 saturated heterocycles. The van der Waals surface area contributed by atoms with Crippen molar-refractivity contribution in [3.05, 3.63) is 82.1 Å². The van der Waals surface area contributed by atoms with Crippen LogP contribution < -0.4 is 9.64 Å². The predicted octanol–water partition coefficient (Wildman–Crippen LogP) is 5.45. The molecule has 3 atom stereocenters. The summed E-state index contributed by atoms with van der Waals surface area (Å²) in [6.45, 7) is 4.86. The summed E-state index contributed by atoms with van der Waals surface area (Å²) in [7, 11) is 0. The van der Waals surface area contributed by atoms with Gasteiger partial charge in [-0.05, 0) is 55.2 Å². The maximum absolute atomic E-state index is 13.7. The van der Waals surface area contributed by atoms with Gasteiger partial charge in [-0.3, -0.25) is 4.79 Å². The van der Waals surface area contributed by atoms with Crippen molar-refractivity contribution in [2.75, 3.05) is 31.1 Å². The predicted molar refractivity (Wildman–Crippen MR) is 153 cm³/mol. The van der Waals surface area contributed by atoms with Gasteiger partial charge in [-0.2, -0.15) is 0 Å². The van der Waals surface area contributed by atoms with E-state index in [4.69, 9.17) is 27.9 Å². The molecule has 5 rings (SSSR count). The molecule has 0 radical (unpaired) electrons. The van der Waals surface area contributed by atoms with E-state index in [1.807, 2.05) is 48.2 Å². The largest absolute Gasteiger partial charge is 0.474 e. The molecule has 0 saturated carbocycles. The number of amides is 1. The van der Waals surface area contributed by atoms with Gasteiger partial charge in [0.25, 0.3) is 0 Å². The van der Waals surface area contributed by atoms with E-state index in [-0.39, 0.29) is 29.8 Å². The van der Waals surface area contributed by atoms with Crippen molar-refractivity contribution >= 4 is 41.2 Å². The summed E-state index contributed by atoms with van der Waals surface area (Å²) >= 11 is 12.2. The molecule has 2 aliphatic heterocycles. The molecule has 0 bridgehead atoms. The fourth-order valence-corrected chi connectivity index (χ4v) is 5.93. The van der Waals surface area contributed by atoms with E-state index in [0.29, 0.717) is 35.4 Å². The van der Waals surface area contributed by atoms with Gasteiger partial charge in [0.15, 0.2) is 0 Å². The first-order chi connectivity index (χ1) is 18.9. The topological polar surface area (TPSA) is 75.6 Å². The van der Waals surface area contributed by atoms with Gasteiger partial charge in [-0.25, -0.2) is 9.97 Å². The minimum atomic E-state index is -0.160. The number of ether oxygens (including phenoxy) is 1. The van der Waals surface area contributed by atoms with Crippen molar-refractivity contribution in [1.29, 1.82) is 0 Å². The molecule has 9 heteroatoms.